The number of nitrogen functional groups attached to an aromatic ring is 1. The Balaban J connectivity index is 2.45. The molecule has 3 N–H and O–H groups in total. The van der Waals surface area contributed by atoms with Crippen LogP contribution >= 0.6 is 23.4 Å². The number of hydrogen-bond acceptors (Lipinski definition) is 5. The van der Waals surface area contributed by atoms with Gasteiger partial charge in [0, 0.05) is 15.6 Å². The highest BCUT2D eigenvalue weighted by atomic mass is 35.5. The molecular formula is C11H13ClN2O3S. The lowest BCUT2D eigenvalue weighted by molar-refractivity contribution is -0.117. The van der Waals surface area contributed by atoms with Crippen molar-refractivity contribution in [3.05, 3.63) is 23.2 Å². The number of benzene rings is 1. The van der Waals surface area contributed by atoms with Gasteiger partial charge in [0.1, 0.15) is 0 Å². The monoisotopic (exact) mass is 288 g/mol. The molecule has 0 unspecified atom stereocenters. The largest absolute Gasteiger partial charge is 0.450 e. The van der Waals surface area contributed by atoms with E-state index >= 15 is 0 Å². The lowest BCUT2D eigenvalue weighted by Crippen LogP contribution is -2.32. The van der Waals surface area contributed by atoms with Crippen LogP contribution in [0, 0.1) is 0 Å². The van der Waals surface area contributed by atoms with Crippen molar-refractivity contribution in [1.82, 2.24) is 5.32 Å². The third-order valence-electron chi connectivity index (χ3n) is 1.85. The Labute approximate surface area is 114 Å². The summed E-state index contributed by atoms with van der Waals surface area (Å²) in [5.41, 5.74) is 6.22. The molecule has 0 saturated heterocycles. The molecule has 18 heavy (non-hydrogen) atoms. The minimum atomic E-state index is -0.743. The molecular weight excluding hydrogens is 276 g/mol. The number of carbonyl (C=O) groups is 2. The second-order valence-corrected chi connectivity index (χ2v) is 4.69. The summed E-state index contributed by atoms with van der Waals surface area (Å²) in [6.45, 7) is 1.88. The summed E-state index contributed by atoms with van der Waals surface area (Å²) in [4.78, 5) is 23.1. The Morgan fingerprint density at radius 3 is 2.83 bits per heavy atom. The van der Waals surface area contributed by atoms with Crippen molar-refractivity contribution in [3.63, 3.8) is 0 Å². The van der Waals surface area contributed by atoms with E-state index in [1.807, 2.05) is 0 Å². The standard InChI is InChI=1S/C11H13ClN2O3S/c1-2-17-11(16)14-10(15)6-18-9-4-3-7(12)5-8(9)13/h3-5H,2,6,13H2,1H3,(H,14,15,16). The number of anilines is 1. The van der Waals surface area contributed by atoms with Crippen LogP contribution < -0.4 is 11.1 Å². The average molecular weight is 289 g/mol. The van der Waals surface area contributed by atoms with Crippen LogP contribution in [-0.2, 0) is 9.53 Å². The number of carbonyl (C=O) groups excluding carboxylic acids is 2. The second-order valence-electron chi connectivity index (χ2n) is 3.24. The van der Waals surface area contributed by atoms with E-state index in [-0.39, 0.29) is 12.4 Å². The summed E-state index contributed by atoms with van der Waals surface area (Å²) >= 11 is 6.97. The smallest absolute Gasteiger partial charge is 0.413 e. The lowest BCUT2D eigenvalue weighted by Gasteiger charge is -2.06. The lowest BCUT2D eigenvalue weighted by atomic mass is 10.3. The minimum absolute atomic E-state index is 0.0741. The average Bonchev–Trinajstić information content (AvgIpc) is 2.28. The van der Waals surface area contributed by atoms with Crippen LogP contribution in [0.15, 0.2) is 23.1 Å². The van der Waals surface area contributed by atoms with Crippen LogP contribution in [0.2, 0.25) is 5.02 Å². The molecule has 1 rings (SSSR count). The first-order valence-corrected chi connectivity index (χ1v) is 6.53. The third-order valence-corrected chi connectivity index (χ3v) is 3.17. The Hall–Kier alpha value is -1.40. The molecule has 0 bridgehead atoms. The van der Waals surface area contributed by atoms with Gasteiger partial charge in [0.25, 0.3) is 0 Å². The van der Waals surface area contributed by atoms with E-state index in [0.717, 1.165) is 4.90 Å². The fourth-order valence-electron chi connectivity index (χ4n) is 1.11. The molecule has 0 aliphatic carbocycles. The number of amides is 2. The molecule has 0 heterocycles. The van der Waals surface area contributed by atoms with Crippen molar-refractivity contribution < 1.29 is 14.3 Å². The zero-order valence-electron chi connectivity index (χ0n) is 9.73. The van der Waals surface area contributed by atoms with Gasteiger partial charge in [-0.1, -0.05) is 11.6 Å². The highest BCUT2D eigenvalue weighted by Gasteiger charge is 2.09. The number of alkyl carbamates (subject to hydrolysis) is 1. The van der Waals surface area contributed by atoms with E-state index < -0.39 is 12.0 Å². The van der Waals surface area contributed by atoms with Crippen molar-refractivity contribution in [2.45, 2.75) is 11.8 Å². The minimum Gasteiger partial charge on any atom is -0.450 e. The first-order chi connectivity index (χ1) is 8.52. The quantitative estimate of drug-likeness (QED) is 0.656. The number of rotatable bonds is 4. The molecule has 7 heteroatoms. The molecule has 5 nitrogen and oxygen atoms in total. The Bertz CT molecular complexity index is 454. The number of nitrogens with two attached hydrogens (primary N) is 1. The van der Waals surface area contributed by atoms with E-state index in [9.17, 15) is 9.59 Å². The van der Waals surface area contributed by atoms with Crippen molar-refractivity contribution in [3.8, 4) is 0 Å². The van der Waals surface area contributed by atoms with Crippen LogP contribution in [0.25, 0.3) is 0 Å². The summed E-state index contributed by atoms with van der Waals surface area (Å²) < 4.78 is 4.58. The molecule has 0 saturated carbocycles. The van der Waals surface area contributed by atoms with Gasteiger partial charge in [0.05, 0.1) is 12.4 Å². The van der Waals surface area contributed by atoms with Crippen LogP contribution in [0.4, 0.5) is 10.5 Å². The van der Waals surface area contributed by atoms with Gasteiger partial charge < -0.3 is 10.5 Å². The zero-order chi connectivity index (χ0) is 13.5. The van der Waals surface area contributed by atoms with Gasteiger partial charge in [0.2, 0.25) is 5.91 Å². The van der Waals surface area contributed by atoms with E-state index in [1.165, 1.54) is 11.8 Å². The number of ether oxygens (including phenoxy) is 1. The fraction of sp³-hybridized carbons (Fsp3) is 0.273. The number of imide groups is 1. The van der Waals surface area contributed by atoms with Gasteiger partial charge >= 0.3 is 6.09 Å². The maximum Gasteiger partial charge on any atom is 0.413 e. The number of thioether (sulfide) groups is 1. The molecule has 0 aliphatic heterocycles. The third kappa shape index (κ3) is 4.85. The summed E-state index contributed by atoms with van der Waals surface area (Å²) in [7, 11) is 0. The van der Waals surface area contributed by atoms with Crippen LogP contribution in [0.1, 0.15) is 6.92 Å². The Kier molecular flexibility index (Phi) is 5.80. The highest BCUT2D eigenvalue weighted by Crippen LogP contribution is 2.27. The summed E-state index contributed by atoms with van der Waals surface area (Å²) in [6, 6.07) is 5.01. The molecule has 0 aliphatic rings. The van der Waals surface area contributed by atoms with Crippen LogP contribution in [-0.4, -0.2) is 24.4 Å². The van der Waals surface area contributed by atoms with Crippen molar-refractivity contribution in [1.29, 1.82) is 0 Å². The Morgan fingerprint density at radius 1 is 1.50 bits per heavy atom. The van der Waals surface area contributed by atoms with E-state index in [1.54, 1.807) is 25.1 Å². The van der Waals surface area contributed by atoms with Gasteiger partial charge in [-0.2, -0.15) is 0 Å². The molecule has 1 aromatic rings. The predicted octanol–water partition coefficient (Wildman–Crippen LogP) is 2.29. The highest BCUT2D eigenvalue weighted by molar-refractivity contribution is 8.00. The van der Waals surface area contributed by atoms with Crippen molar-refractivity contribution in [2.75, 3.05) is 18.1 Å². The maximum absolute atomic E-state index is 11.4. The van der Waals surface area contributed by atoms with Gasteiger partial charge in [-0.3, -0.25) is 10.1 Å². The molecule has 98 valence electrons. The van der Waals surface area contributed by atoms with Crippen LogP contribution in [0.5, 0.6) is 0 Å². The molecule has 0 atom stereocenters. The maximum atomic E-state index is 11.4. The molecule has 0 fully saturated rings. The number of halogens is 1. The topological polar surface area (TPSA) is 81.4 Å². The number of hydrogen-bond donors (Lipinski definition) is 2. The van der Waals surface area contributed by atoms with Crippen LogP contribution in [0.3, 0.4) is 0 Å². The van der Waals surface area contributed by atoms with E-state index in [4.69, 9.17) is 17.3 Å². The number of nitrogens with one attached hydrogen (secondary N) is 1. The van der Waals surface area contributed by atoms with Gasteiger partial charge in [-0.15, -0.1) is 11.8 Å². The summed E-state index contributed by atoms with van der Waals surface area (Å²) in [5.74, 6) is -0.363. The first kappa shape index (κ1) is 14.7. The van der Waals surface area contributed by atoms with E-state index in [2.05, 4.69) is 10.1 Å². The summed E-state index contributed by atoms with van der Waals surface area (Å²) in [5, 5.41) is 2.63. The van der Waals surface area contributed by atoms with Gasteiger partial charge in [-0.25, -0.2) is 4.79 Å². The summed E-state index contributed by atoms with van der Waals surface area (Å²) in [6.07, 6.45) is -0.743. The molecule has 1 aromatic carbocycles. The van der Waals surface area contributed by atoms with Gasteiger partial charge in [-0.05, 0) is 25.1 Å². The predicted molar refractivity (Wildman–Crippen MR) is 71.8 cm³/mol. The first-order valence-electron chi connectivity index (χ1n) is 5.17. The molecule has 0 aromatic heterocycles. The van der Waals surface area contributed by atoms with Crippen molar-refractivity contribution in [2.24, 2.45) is 0 Å². The van der Waals surface area contributed by atoms with E-state index in [0.29, 0.717) is 10.7 Å². The zero-order valence-corrected chi connectivity index (χ0v) is 11.3. The molecule has 0 spiro atoms. The molecule has 2 amide bonds. The Morgan fingerprint density at radius 2 is 2.22 bits per heavy atom. The second kappa shape index (κ2) is 7.13. The normalized spacial score (nSPS) is 9.89. The van der Waals surface area contributed by atoms with Gasteiger partial charge in [0.15, 0.2) is 0 Å². The fourth-order valence-corrected chi connectivity index (χ4v) is 2.04. The SMILES string of the molecule is CCOC(=O)NC(=O)CSc1ccc(Cl)cc1N. The van der Waals surface area contributed by atoms with Crippen molar-refractivity contribution >= 4 is 41.1 Å². The molecule has 0 radical (unpaired) electrons.